The molecule has 0 radical (unpaired) electrons. The molecular formula is C21H15ClFN6O2+. The van der Waals surface area contributed by atoms with Crippen LogP contribution in [0.2, 0.25) is 5.15 Å². The van der Waals surface area contributed by atoms with Crippen molar-refractivity contribution in [3.63, 3.8) is 0 Å². The van der Waals surface area contributed by atoms with Gasteiger partial charge in [-0.15, -0.1) is 5.10 Å². The average molecular weight is 438 g/mol. The first-order valence-electron chi connectivity index (χ1n) is 9.34. The van der Waals surface area contributed by atoms with Crippen molar-refractivity contribution in [2.45, 2.75) is 12.5 Å². The molecule has 0 saturated heterocycles. The van der Waals surface area contributed by atoms with Gasteiger partial charge in [0.05, 0.1) is 24.6 Å². The van der Waals surface area contributed by atoms with E-state index in [9.17, 15) is 9.18 Å². The van der Waals surface area contributed by atoms with Crippen molar-refractivity contribution in [3.05, 3.63) is 71.8 Å². The van der Waals surface area contributed by atoms with E-state index in [-0.39, 0.29) is 28.0 Å². The van der Waals surface area contributed by atoms with E-state index in [1.54, 1.807) is 36.6 Å². The summed E-state index contributed by atoms with van der Waals surface area (Å²) in [5.41, 5.74) is 7.03. The number of nitrogen functional groups attached to an aromatic ring is 1. The number of halogens is 2. The number of carbonyl (C=O) groups is 1. The minimum absolute atomic E-state index is 0.0138. The van der Waals surface area contributed by atoms with Gasteiger partial charge in [-0.25, -0.2) is 14.2 Å². The zero-order chi connectivity index (χ0) is 21.5. The molecule has 4 aromatic rings. The molecule has 0 aliphatic carbocycles. The maximum Gasteiger partial charge on any atom is 0.359 e. The number of rotatable bonds is 4. The lowest BCUT2D eigenvalue weighted by atomic mass is 10.1. The van der Waals surface area contributed by atoms with Crippen molar-refractivity contribution in [1.82, 2.24) is 15.2 Å². The molecule has 1 aromatic carbocycles. The smallest absolute Gasteiger partial charge is 0.359 e. The number of nitrogens with zero attached hydrogens (tertiary/aromatic N) is 4. The summed E-state index contributed by atoms with van der Waals surface area (Å²) in [7, 11) is 0. The first-order chi connectivity index (χ1) is 15.0. The predicted octanol–water partition coefficient (Wildman–Crippen LogP) is 3.14. The standard InChI is InChI=1S/C21H14ClFN6O2/c22-17-7-11(9-25-28-17)19-20-27-15(8-12-3-2-6-31-12)21(30)29(20)10-16(26-19)13-4-1-5-14(24)18(13)23/h1-7,9-10,15H,8,24H2/p+1. The second-order valence-corrected chi connectivity index (χ2v) is 7.38. The van der Waals surface area contributed by atoms with Gasteiger partial charge in [-0.2, -0.15) is 9.67 Å². The van der Waals surface area contributed by atoms with Gasteiger partial charge in [-0.1, -0.05) is 17.7 Å². The van der Waals surface area contributed by atoms with Gasteiger partial charge in [-0.05, 0) is 30.3 Å². The number of anilines is 2. The van der Waals surface area contributed by atoms with Crippen LogP contribution in [-0.4, -0.2) is 27.1 Å². The fourth-order valence-electron chi connectivity index (χ4n) is 3.53. The van der Waals surface area contributed by atoms with Crippen LogP contribution in [0.4, 0.5) is 15.9 Å². The molecule has 1 atom stereocenters. The van der Waals surface area contributed by atoms with Crippen molar-refractivity contribution in [2.75, 3.05) is 11.1 Å². The molecule has 0 saturated carbocycles. The largest absolute Gasteiger partial charge is 0.469 e. The fraction of sp³-hybridized carbons (Fsp3) is 0.0952. The summed E-state index contributed by atoms with van der Waals surface area (Å²) >= 11 is 6.02. The fourth-order valence-corrected chi connectivity index (χ4v) is 3.69. The number of furan rings is 1. The Balaban J connectivity index is 1.67. The highest BCUT2D eigenvalue weighted by atomic mass is 35.5. The SMILES string of the molecule is Nc1cccc(-c2c[n+]3c(c(-c4cnnc(Cl)c4)n2)NC(Cc2ccco2)C3=O)c1F. The third-order valence-electron chi connectivity index (χ3n) is 4.98. The molecule has 1 aliphatic heterocycles. The monoisotopic (exact) mass is 437 g/mol. The normalized spacial score (nSPS) is 15.0. The van der Waals surface area contributed by atoms with Crippen LogP contribution in [0.5, 0.6) is 0 Å². The number of fused-ring (bicyclic) bond motifs is 1. The minimum Gasteiger partial charge on any atom is -0.469 e. The summed E-state index contributed by atoms with van der Waals surface area (Å²) in [6, 6.07) is 9.17. The van der Waals surface area contributed by atoms with Crippen LogP contribution in [0.25, 0.3) is 22.5 Å². The Labute approximate surface area is 180 Å². The van der Waals surface area contributed by atoms with Crippen LogP contribution in [0, 0.1) is 5.82 Å². The highest BCUT2D eigenvalue weighted by molar-refractivity contribution is 6.29. The van der Waals surface area contributed by atoms with E-state index in [4.69, 9.17) is 21.8 Å². The summed E-state index contributed by atoms with van der Waals surface area (Å²) in [6.45, 7) is 0. The lowest BCUT2D eigenvalue weighted by Crippen LogP contribution is -2.44. The minimum atomic E-state index is -0.613. The van der Waals surface area contributed by atoms with Crippen molar-refractivity contribution >= 4 is 29.0 Å². The van der Waals surface area contributed by atoms with Crippen LogP contribution in [0.1, 0.15) is 10.6 Å². The quantitative estimate of drug-likeness (QED) is 0.372. The van der Waals surface area contributed by atoms with E-state index in [1.807, 2.05) is 0 Å². The van der Waals surface area contributed by atoms with Gasteiger partial charge in [-0.3, -0.25) is 5.32 Å². The summed E-state index contributed by atoms with van der Waals surface area (Å²) in [5, 5.41) is 11.0. The number of nitrogens with two attached hydrogens (primary N) is 1. The Kier molecular flexibility index (Phi) is 4.59. The van der Waals surface area contributed by atoms with Crippen LogP contribution in [0.3, 0.4) is 0 Å². The van der Waals surface area contributed by atoms with E-state index in [0.717, 1.165) is 0 Å². The molecule has 4 heterocycles. The Hall–Kier alpha value is -3.85. The van der Waals surface area contributed by atoms with Crippen molar-refractivity contribution in [2.24, 2.45) is 0 Å². The van der Waals surface area contributed by atoms with Gasteiger partial charge in [0.2, 0.25) is 6.04 Å². The second kappa shape index (κ2) is 7.44. The molecule has 0 fully saturated rings. The van der Waals surface area contributed by atoms with Crippen LogP contribution in [0.15, 0.2) is 59.5 Å². The molecule has 0 amide bonds. The summed E-state index contributed by atoms with van der Waals surface area (Å²) in [5.74, 6) is 0.259. The molecule has 3 aromatic heterocycles. The number of aromatic nitrogens is 4. The zero-order valence-corrected chi connectivity index (χ0v) is 16.7. The summed E-state index contributed by atoms with van der Waals surface area (Å²) in [4.78, 5) is 17.8. The Morgan fingerprint density at radius 3 is 2.94 bits per heavy atom. The van der Waals surface area contributed by atoms with Gasteiger partial charge < -0.3 is 10.2 Å². The molecule has 3 N–H and O–H groups in total. The van der Waals surface area contributed by atoms with Gasteiger partial charge in [0.1, 0.15) is 17.7 Å². The van der Waals surface area contributed by atoms with Crippen molar-refractivity contribution in [3.8, 4) is 22.5 Å². The number of hydrogen-bond donors (Lipinski definition) is 2. The number of hydrogen-bond acceptors (Lipinski definition) is 7. The van der Waals surface area contributed by atoms with E-state index in [1.165, 1.54) is 23.0 Å². The first kappa shape index (κ1) is 19.1. The van der Waals surface area contributed by atoms with Crippen molar-refractivity contribution < 1.29 is 18.2 Å². The molecule has 1 aliphatic rings. The van der Waals surface area contributed by atoms with E-state index in [0.29, 0.717) is 29.3 Å². The highest BCUT2D eigenvalue weighted by Gasteiger charge is 2.42. The highest BCUT2D eigenvalue weighted by Crippen LogP contribution is 2.32. The Bertz CT molecular complexity index is 1310. The lowest BCUT2D eigenvalue weighted by molar-refractivity contribution is -0.551. The molecule has 5 rings (SSSR count). The molecule has 31 heavy (non-hydrogen) atoms. The number of benzene rings is 1. The molecule has 0 bridgehead atoms. The maximum absolute atomic E-state index is 14.7. The van der Waals surface area contributed by atoms with E-state index < -0.39 is 11.9 Å². The molecule has 1 unspecified atom stereocenters. The number of carbonyl (C=O) groups excluding carboxylic acids is 1. The summed E-state index contributed by atoms with van der Waals surface area (Å²) < 4.78 is 21.5. The molecule has 8 nitrogen and oxygen atoms in total. The molecule has 10 heteroatoms. The van der Waals surface area contributed by atoms with E-state index in [2.05, 4.69) is 20.5 Å². The Morgan fingerprint density at radius 1 is 1.29 bits per heavy atom. The number of nitrogens with one attached hydrogen (secondary N) is 1. The topological polar surface area (TPSA) is 111 Å². The van der Waals surface area contributed by atoms with Crippen LogP contribution < -0.4 is 15.6 Å². The third-order valence-corrected chi connectivity index (χ3v) is 5.17. The molecule has 154 valence electrons. The van der Waals surface area contributed by atoms with Gasteiger partial charge in [0, 0.05) is 11.1 Å². The van der Waals surface area contributed by atoms with Gasteiger partial charge in [0.25, 0.3) is 0 Å². The van der Waals surface area contributed by atoms with Crippen LogP contribution in [-0.2, 0) is 6.42 Å². The predicted molar refractivity (Wildman–Crippen MR) is 111 cm³/mol. The molecule has 0 spiro atoms. The first-order valence-corrected chi connectivity index (χ1v) is 9.72. The van der Waals surface area contributed by atoms with Crippen molar-refractivity contribution in [1.29, 1.82) is 0 Å². The molecular weight excluding hydrogens is 423 g/mol. The third kappa shape index (κ3) is 3.38. The Morgan fingerprint density at radius 2 is 2.16 bits per heavy atom. The van der Waals surface area contributed by atoms with Crippen LogP contribution >= 0.6 is 11.6 Å². The lowest BCUT2D eigenvalue weighted by Gasteiger charge is -2.08. The second-order valence-electron chi connectivity index (χ2n) is 6.99. The summed E-state index contributed by atoms with van der Waals surface area (Å²) in [6.07, 6.45) is 4.85. The zero-order valence-electron chi connectivity index (χ0n) is 15.9. The maximum atomic E-state index is 14.7. The van der Waals surface area contributed by atoms with Gasteiger partial charge >= 0.3 is 11.7 Å². The van der Waals surface area contributed by atoms with Gasteiger partial charge in [0.15, 0.2) is 16.7 Å². The van der Waals surface area contributed by atoms with E-state index >= 15 is 0 Å². The average Bonchev–Trinajstić information content (AvgIpc) is 3.38.